The predicted octanol–water partition coefficient (Wildman–Crippen LogP) is 0.463. The van der Waals surface area contributed by atoms with E-state index in [1.165, 1.54) is 6.20 Å². The number of nitrogens with zero attached hydrogens (tertiary/aromatic N) is 2. The lowest BCUT2D eigenvalue weighted by Crippen LogP contribution is -2.40. The predicted molar refractivity (Wildman–Crippen MR) is 82.3 cm³/mol. The maximum absolute atomic E-state index is 12.4. The minimum absolute atomic E-state index is 0.0807. The van der Waals surface area contributed by atoms with E-state index in [1.807, 2.05) is 0 Å². The van der Waals surface area contributed by atoms with Gasteiger partial charge in [0.25, 0.3) is 11.8 Å². The van der Waals surface area contributed by atoms with Crippen LogP contribution in [-0.4, -0.2) is 67.3 Å². The third-order valence-electron chi connectivity index (χ3n) is 4.05. The number of rotatable bonds is 4. The maximum Gasteiger partial charge on any atom is 0.269 e. The molecule has 7 heteroatoms. The summed E-state index contributed by atoms with van der Waals surface area (Å²) in [6.07, 6.45) is 3.57. The van der Waals surface area contributed by atoms with Gasteiger partial charge in [0, 0.05) is 38.0 Å². The van der Waals surface area contributed by atoms with Crippen LogP contribution in [0, 0.1) is 0 Å². The second kappa shape index (κ2) is 7.52. The monoisotopic (exact) mass is 319 g/mol. The zero-order valence-corrected chi connectivity index (χ0v) is 13.0. The van der Waals surface area contributed by atoms with Crippen LogP contribution in [0.1, 0.15) is 33.7 Å². The lowest BCUT2D eigenvalue weighted by Gasteiger charge is -2.26. The summed E-state index contributed by atoms with van der Waals surface area (Å²) >= 11 is 0. The number of aromatic nitrogens is 1. The fourth-order valence-corrected chi connectivity index (χ4v) is 2.74. The molecule has 1 aromatic heterocycles. The molecule has 2 aliphatic heterocycles. The molecule has 0 radical (unpaired) electrons. The van der Waals surface area contributed by atoms with Crippen LogP contribution >= 0.6 is 0 Å². The van der Waals surface area contributed by atoms with E-state index in [1.54, 1.807) is 17.0 Å². The normalized spacial score (nSPS) is 21.2. The van der Waals surface area contributed by atoms with Crippen LogP contribution in [-0.2, 0) is 9.47 Å². The lowest BCUT2D eigenvalue weighted by molar-refractivity contribution is 0.0303. The zero-order chi connectivity index (χ0) is 16.1. The van der Waals surface area contributed by atoms with Gasteiger partial charge >= 0.3 is 0 Å². The molecule has 1 unspecified atom stereocenters. The molecule has 1 N–H and O–H groups in total. The van der Waals surface area contributed by atoms with Crippen LogP contribution in [0.5, 0.6) is 0 Å². The standard InChI is InChI=1S/C16H21N3O4/c20-15(18-11-13-2-1-7-23-13)14-10-12(3-4-17-14)16(21)19-5-8-22-9-6-19/h3-4,10,13H,1-2,5-9,11H2,(H,18,20). The van der Waals surface area contributed by atoms with Gasteiger partial charge in [-0.2, -0.15) is 0 Å². The smallest absolute Gasteiger partial charge is 0.269 e. The highest BCUT2D eigenvalue weighted by atomic mass is 16.5. The summed E-state index contributed by atoms with van der Waals surface area (Å²) in [5, 5.41) is 2.82. The van der Waals surface area contributed by atoms with Crippen LogP contribution in [0.3, 0.4) is 0 Å². The SMILES string of the molecule is O=C(NCC1CCCO1)c1cc(C(=O)N2CCOCC2)ccn1. The molecule has 1 aromatic rings. The van der Waals surface area contributed by atoms with Crippen LogP contribution in [0.15, 0.2) is 18.3 Å². The summed E-state index contributed by atoms with van der Waals surface area (Å²) in [4.78, 5) is 30.4. The van der Waals surface area contributed by atoms with Gasteiger partial charge in [0.15, 0.2) is 0 Å². The largest absolute Gasteiger partial charge is 0.378 e. The van der Waals surface area contributed by atoms with Crippen molar-refractivity contribution in [3.8, 4) is 0 Å². The Morgan fingerprint density at radius 1 is 1.30 bits per heavy atom. The highest BCUT2D eigenvalue weighted by Gasteiger charge is 2.21. The molecule has 3 heterocycles. The van der Waals surface area contributed by atoms with E-state index in [0.29, 0.717) is 38.4 Å². The highest BCUT2D eigenvalue weighted by Crippen LogP contribution is 2.11. The number of hydrogen-bond donors (Lipinski definition) is 1. The van der Waals surface area contributed by atoms with Crippen molar-refractivity contribution < 1.29 is 19.1 Å². The van der Waals surface area contributed by atoms with E-state index in [2.05, 4.69) is 10.3 Å². The molecule has 2 saturated heterocycles. The average molecular weight is 319 g/mol. The molecule has 1 atom stereocenters. The maximum atomic E-state index is 12.4. The van der Waals surface area contributed by atoms with Crippen molar-refractivity contribution in [3.05, 3.63) is 29.6 Å². The Morgan fingerprint density at radius 3 is 2.87 bits per heavy atom. The van der Waals surface area contributed by atoms with E-state index >= 15 is 0 Å². The Labute approximate surface area is 135 Å². The number of hydrogen-bond acceptors (Lipinski definition) is 5. The topological polar surface area (TPSA) is 80.8 Å². The second-order valence-electron chi connectivity index (χ2n) is 5.68. The molecule has 2 fully saturated rings. The van der Waals surface area contributed by atoms with Crippen molar-refractivity contribution in [1.29, 1.82) is 0 Å². The van der Waals surface area contributed by atoms with Gasteiger partial charge in [0.2, 0.25) is 0 Å². The molecule has 0 bridgehead atoms. The first-order valence-corrected chi connectivity index (χ1v) is 7.97. The van der Waals surface area contributed by atoms with Crippen LogP contribution in [0.4, 0.5) is 0 Å². The summed E-state index contributed by atoms with van der Waals surface area (Å²) in [5.41, 5.74) is 0.728. The summed E-state index contributed by atoms with van der Waals surface area (Å²) in [6.45, 7) is 3.46. The number of carbonyl (C=O) groups is 2. The number of morpholine rings is 1. The minimum Gasteiger partial charge on any atom is -0.378 e. The Bertz CT molecular complexity index is 566. The summed E-state index contributed by atoms with van der Waals surface area (Å²) < 4.78 is 10.7. The number of pyridine rings is 1. The Hall–Kier alpha value is -1.99. The Balaban J connectivity index is 1.61. The third kappa shape index (κ3) is 4.05. The van der Waals surface area contributed by atoms with Gasteiger partial charge in [-0.05, 0) is 25.0 Å². The van der Waals surface area contributed by atoms with Crippen LogP contribution in [0.2, 0.25) is 0 Å². The first-order chi connectivity index (χ1) is 11.2. The van der Waals surface area contributed by atoms with Gasteiger partial charge in [-0.15, -0.1) is 0 Å². The first-order valence-electron chi connectivity index (χ1n) is 7.97. The average Bonchev–Trinajstić information content (AvgIpc) is 3.13. The Kier molecular flexibility index (Phi) is 5.19. The lowest BCUT2D eigenvalue weighted by atomic mass is 10.2. The van der Waals surface area contributed by atoms with E-state index in [9.17, 15) is 9.59 Å². The molecule has 0 spiro atoms. The van der Waals surface area contributed by atoms with Gasteiger partial charge in [0.05, 0.1) is 19.3 Å². The Morgan fingerprint density at radius 2 is 2.13 bits per heavy atom. The number of carbonyl (C=O) groups excluding carboxylic acids is 2. The van der Waals surface area contributed by atoms with E-state index in [0.717, 1.165) is 19.4 Å². The highest BCUT2D eigenvalue weighted by molar-refractivity contribution is 5.98. The summed E-state index contributed by atoms with van der Waals surface area (Å²) in [6, 6.07) is 3.18. The van der Waals surface area contributed by atoms with Gasteiger partial charge in [-0.3, -0.25) is 14.6 Å². The van der Waals surface area contributed by atoms with E-state index in [-0.39, 0.29) is 23.6 Å². The van der Waals surface area contributed by atoms with Gasteiger partial charge in [0.1, 0.15) is 5.69 Å². The molecule has 124 valence electrons. The van der Waals surface area contributed by atoms with Crippen molar-refractivity contribution in [1.82, 2.24) is 15.2 Å². The van der Waals surface area contributed by atoms with Crippen molar-refractivity contribution in [2.75, 3.05) is 39.5 Å². The van der Waals surface area contributed by atoms with Crippen molar-refractivity contribution in [2.45, 2.75) is 18.9 Å². The molecule has 3 rings (SSSR count). The molecular weight excluding hydrogens is 298 g/mol. The quantitative estimate of drug-likeness (QED) is 0.872. The van der Waals surface area contributed by atoms with Gasteiger partial charge < -0.3 is 19.7 Å². The molecule has 0 aliphatic carbocycles. The minimum atomic E-state index is -0.280. The van der Waals surface area contributed by atoms with Crippen molar-refractivity contribution in [3.63, 3.8) is 0 Å². The summed E-state index contributed by atoms with van der Waals surface area (Å²) in [7, 11) is 0. The molecule has 0 saturated carbocycles. The van der Waals surface area contributed by atoms with Crippen LogP contribution < -0.4 is 5.32 Å². The first kappa shape index (κ1) is 15.9. The molecule has 2 amide bonds. The van der Waals surface area contributed by atoms with Crippen molar-refractivity contribution >= 4 is 11.8 Å². The molecule has 23 heavy (non-hydrogen) atoms. The van der Waals surface area contributed by atoms with Crippen molar-refractivity contribution in [2.24, 2.45) is 0 Å². The second-order valence-corrected chi connectivity index (χ2v) is 5.68. The van der Waals surface area contributed by atoms with Gasteiger partial charge in [-0.1, -0.05) is 0 Å². The van der Waals surface area contributed by atoms with Crippen LogP contribution in [0.25, 0.3) is 0 Å². The molecular formula is C16H21N3O4. The molecule has 0 aromatic carbocycles. The fourth-order valence-electron chi connectivity index (χ4n) is 2.74. The van der Waals surface area contributed by atoms with E-state index < -0.39 is 0 Å². The van der Waals surface area contributed by atoms with Gasteiger partial charge in [-0.25, -0.2) is 0 Å². The number of nitrogens with one attached hydrogen (secondary N) is 1. The number of ether oxygens (including phenoxy) is 2. The molecule has 7 nitrogen and oxygen atoms in total. The van der Waals surface area contributed by atoms with E-state index in [4.69, 9.17) is 9.47 Å². The third-order valence-corrected chi connectivity index (χ3v) is 4.05. The fraction of sp³-hybridized carbons (Fsp3) is 0.562. The summed E-state index contributed by atoms with van der Waals surface area (Å²) in [5.74, 6) is -0.374. The number of amides is 2. The zero-order valence-electron chi connectivity index (χ0n) is 13.0. The molecule has 2 aliphatic rings.